The number of ether oxygens (including phenoxy) is 1. The van der Waals surface area contributed by atoms with Gasteiger partial charge in [0.1, 0.15) is 0 Å². The Balaban J connectivity index is 2.68. The lowest BCUT2D eigenvalue weighted by Crippen LogP contribution is -2.11. The third kappa shape index (κ3) is 3.04. The minimum absolute atomic E-state index is 0.302. The third-order valence-electron chi connectivity index (χ3n) is 1.61. The molecular weight excluding hydrogens is 184 g/mol. The van der Waals surface area contributed by atoms with E-state index >= 15 is 0 Å². The smallest absolute Gasteiger partial charge is 0.411 e. The molecule has 76 valence electrons. The number of amides is 1. The van der Waals surface area contributed by atoms with Crippen LogP contribution < -0.4 is 11.2 Å². The van der Waals surface area contributed by atoms with Crippen molar-refractivity contribution in [3.8, 4) is 0 Å². The molecule has 1 amide bonds. The van der Waals surface area contributed by atoms with Crippen molar-refractivity contribution in [2.75, 3.05) is 12.4 Å². The van der Waals surface area contributed by atoms with Crippen LogP contribution in [0.15, 0.2) is 24.3 Å². The van der Waals surface area contributed by atoms with Gasteiger partial charge in [-0.05, 0) is 17.7 Å². The molecule has 1 aromatic rings. The zero-order valence-electron chi connectivity index (χ0n) is 7.82. The largest absolute Gasteiger partial charge is 0.453 e. The summed E-state index contributed by atoms with van der Waals surface area (Å²) in [4.78, 5) is 15.3. The van der Waals surface area contributed by atoms with Crippen LogP contribution in [0.3, 0.4) is 0 Å². The molecule has 5 heteroatoms. The molecule has 0 radical (unpaired) electrons. The van der Waals surface area contributed by atoms with E-state index in [4.69, 9.17) is 5.90 Å². The molecule has 0 aromatic heterocycles. The summed E-state index contributed by atoms with van der Waals surface area (Å²) in [6.07, 6.45) is -0.504. The maximum atomic E-state index is 10.9. The molecule has 0 aliphatic carbocycles. The van der Waals surface area contributed by atoms with Crippen LogP contribution in [-0.2, 0) is 16.2 Å². The molecule has 0 unspecified atom stereocenters. The molecule has 0 aliphatic rings. The first-order valence-electron chi connectivity index (χ1n) is 4.02. The summed E-state index contributed by atoms with van der Waals surface area (Å²) in [5.74, 6) is 4.93. The fourth-order valence-corrected chi connectivity index (χ4v) is 1.00. The van der Waals surface area contributed by atoms with Crippen molar-refractivity contribution in [2.45, 2.75) is 6.61 Å². The lowest BCUT2D eigenvalue weighted by atomic mass is 10.2. The fourth-order valence-electron chi connectivity index (χ4n) is 1.00. The molecule has 0 atom stereocenters. The first kappa shape index (κ1) is 10.5. The Kier molecular flexibility index (Phi) is 3.90. The van der Waals surface area contributed by atoms with Gasteiger partial charge in [-0.2, -0.15) is 0 Å². The van der Waals surface area contributed by atoms with Crippen LogP contribution in [0.4, 0.5) is 10.5 Å². The molecule has 1 rings (SSSR count). The monoisotopic (exact) mass is 196 g/mol. The molecule has 3 N–H and O–H groups in total. The van der Waals surface area contributed by atoms with Crippen molar-refractivity contribution in [3.63, 3.8) is 0 Å². The number of nitrogens with two attached hydrogens (primary N) is 1. The van der Waals surface area contributed by atoms with Gasteiger partial charge in [0, 0.05) is 5.69 Å². The summed E-state index contributed by atoms with van der Waals surface area (Å²) < 4.78 is 4.45. The summed E-state index contributed by atoms with van der Waals surface area (Å²) >= 11 is 0. The average Bonchev–Trinajstić information content (AvgIpc) is 2.19. The minimum atomic E-state index is -0.504. The Bertz CT molecular complexity index is 315. The average molecular weight is 196 g/mol. The molecular formula is C9H12N2O3. The van der Waals surface area contributed by atoms with Crippen molar-refractivity contribution in [3.05, 3.63) is 29.8 Å². The van der Waals surface area contributed by atoms with Crippen LogP contribution in [-0.4, -0.2) is 13.2 Å². The number of carbonyl (C=O) groups excluding carboxylic acids is 1. The van der Waals surface area contributed by atoms with Gasteiger partial charge in [-0.1, -0.05) is 12.1 Å². The van der Waals surface area contributed by atoms with Crippen molar-refractivity contribution < 1.29 is 14.4 Å². The summed E-state index contributed by atoms with van der Waals surface area (Å²) in [6.45, 7) is 0.302. The van der Waals surface area contributed by atoms with Crippen molar-refractivity contribution >= 4 is 11.8 Å². The number of methoxy groups -OCH3 is 1. The van der Waals surface area contributed by atoms with Crippen LogP contribution >= 0.6 is 0 Å². The molecule has 0 spiro atoms. The standard InChI is InChI=1S/C9H12N2O3/c1-13-9(12)11-8-4-2-3-7(5-8)6-14-10/h2-5H,6,10H2,1H3,(H,11,12). The molecule has 0 aliphatic heterocycles. The lowest BCUT2D eigenvalue weighted by Gasteiger charge is -2.05. The summed E-state index contributed by atoms with van der Waals surface area (Å²) in [6, 6.07) is 7.13. The highest BCUT2D eigenvalue weighted by molar-refractivity contribution is 5.84. The summed E-state index contributed by atoms with van der Waals surface area (Å²) in [5, 5.41) is 2.53. The first-order chi connectivity index (χ1) is 6.76. The van der Waals surface area contributed by atoms with Crippen LogP contribution in [0, 0.1) is 0 Å². The Hall–Kier alpha value is -1.59. The molecule has 14 heavy (non-hydrogen) atoms. The molecule has 5 nitrogen and oxygen atoms in total. The van der Waals surface area contributed by atoms with E-state index in [9.17, 15) is 4.79 Å². The van der Waals surface area contributed by atoms with E-state index in [1.165, 1.54) is 7.11 Å². The van der Waals surface area contributed by atoms with Gasteiger partial charge in [0.05, 0.1) is 13.7 Å². The van der Waals surface area contributed by atoms with E-state index in [-0.39, 0.29) is 0 Å². The Morgan fingerprint density at radius 1 is 1.57 bits per heavy atom. The van der Waals surface area contributed by atoms with E-state index in [1.807, 2.05) is 6.07 Å². The van der Waals surface area contributed by atoms with Crippen molar-refractivity contribution in [1.82, 2.24) is 0 Å². The zero-order chi connectivity index (χ0) is 10.4. The van der Waals surface area contributed by atoms with Gasteiger partial charge in [-0.25, -0.2) is 10.7 Å². The molecule has 1 aromatic carbocycles. The van der Waals surface area contributed by atoms with Gasteiger partial charge in [-0.15, -0.1) is 0 Å². The van der Waals surface area contributed by atoms with E-state index in [2.05, 4.69) is 14.9 Å². The number of nitrogens with one attached hydrogen (secondary N) is 1. The van der Waals surface area contributed by atoms with Gasteiger partial charge >= 0.3 is 6.09 Å². The number of hydrogen-bond acceptors (Lipinski definition) is 4. The fraction of sp³-hybridized carbons (Fsp3) is 0.222. The topological polar surface area (TPSA) is 73.6 Å². The Labute approximate surface area is 81.8 Å². The second-order valence-corrected chi connectivity index (χ2v) is 2.63. The van der Waals surface area contributed by atoms with Gasteiger partial charge < -0.3 is 4.74 Å². The van der Waals surface area contributed by atoms with Gasteiger partial charge in [-0.3, -0.25) is 10.2 Å². The predicted molar refractivity (Wildman–Crippen MR) is 51.4 cm³/mol. The highest BCUT2D eigenvalue weighted by atomic mass is 16.6. The number of rotatable bonds is 3. The van der Waals surface area contributed by atoms with Crippen molar-refractivity contribution in [2.24, 2.45) is 5.90 Å². The number of benzene rings is 1. The Morgan fingerprint density at radius 2 is 2.36 bits per heavy atom. The molecule has 0 saturated heterocycles. The minimum Gasteiger partial charge on any atom is -0.453 e. The quantitative estimate of drug-likeness (QED) is 0.713. The van der Waals surface area contributed by atoms with Gasteiger partial charge in [0.15, 0.2) is 0 Å². The maximum absolute atomic E-state index is 10.9. The van der Waals surface area contributed by atoms with Crippen molar-refractivity contribution in [1.29, 1.82) is 0 Å². The Morgan fingerprint density at radius 3 is 3.00 bits per heavy atom. The maximum Gasteiger partial charge on any atom is 0.411 e. The van der Waals surface area contributed by atoms with E-state index in [1.54, 1.807) is 18.2 Å². The summed E-state index contributed by atoms with van der Waals surface area (Å²) in [5.41, 5.74) is 1.52. The first-order valence-corrected chi connectivity index (χ1v) is 4.02. The SMILES string of the molecule is COC(=O)Nc1cccc(CON)c1. The second-order valence-electron chi connectivity index (χ2n) is 2.63. The second kappa shape index (κ2) is 5.21. The third-order valence-corrected chi connectivity index (χ3v) is 1.61. The zero-order valence-corrected chi connectivity index (χ0v) is 7.82. The number of anilines is 1. The number of carbonyl (C=O) groups is 1. The lowest BCUT2D eigenvalue weighted by molar-refractivity contribution is 0.124. The van der Waals surface area contributed by atoms with E-state index in [0.717, 1.165) is 5.56 Å². The number of hydrogen-bond donors (Lipinski definition) is 2. The van der Waals surface area contributed by atoms with Gasteiger partial charge in [0.25, 0.3) is 0 Å². The molecule has 0 saturated carbocycles. The van der Waals surface area contributed by atoms with Crippen LogP contribution in [0.1, 0.15) is 5.56 Å². The highest BCUT2D eigenvalue weighted by Crippen LogP contribution is 2.11. The van der Waals surface area contributed by atoms with Crippen LogP contribution in [0.5, 0.6) is 0 Å². The highest BCUT2D eigenvalue weighted by Gasteiger charge is 2.00. The molecule has 0 fully saturated rings. The predicted octanol–water partition coefficient (Wildman–Crippen LogP) is 1.26. The van der Waals surface area contributed by atoms with E-state index < -0.39 is 6.09 Å². The normalized spacial score (nSPS) is 9.57. The summed E-state index contributed by atoms with van der Waals surface area (Å²) in [7, 11) is 1.31. The van der Waals surface area contributed by atoms with Crippen LogP contribution in [0.2, 0.25) is 0 Å². The molecule has 0 bridgehead atoms. The molecule has 0 heterocycles. The van der Waals surface area contributed by atoms with E-state index in [0.29, 0.717) is 12.3 Å². The van der Waals surface area contributed by atoms with Gasteiger partial charge in [0.2, 0.25) is 0 Å². The van der Waals surface area contributed by atoms with Crippen LogP contribution in [0.25, 0.3) is 0 Å².